The van der Waals surface area contributed by atoms with E-state index in [1.165, 1.54) is 33.5 Å². The molecular formula is C20H22N2. The molecule has 0 saturated carbocycles. The van der Waals surface area contributed by atoms with Gasteiger partial charge in [0.25, 0.3) is 0 Å². The Hall–Kier alpha value is -2.35. The molecule has 22 heavy (non-hydrogen) atoms. The van der Waals surface area contributed by atoms with Crippen LogP contribution < -0.4 is 0 Å². The molecule has 0 bridgehead atoms. The maximum absolute atomic E-state index is 4.92. The van der Waals surface area contributed by atoms with E-state index in [0.29, 0.717) is 0 Å². The van der Waals surface area contributed by atoms with Crippen LogP contribution in [0, 0.1) is 34.6 Å². The van der Waals surface area contributed by atoms with Crippen LogP contribution in [0.5, 0.6) is 0 Å². The topological polar surface area (TPSA) is 17.8 Å². The molecule has 3 rings (SSSR count). The van der Waals surface area contributed by atoms with Gasteiger partial charge in [-0.25, -0.2) is 4.68 Å². The number of rotatable bonds is 2. The van der Waals surface area contributed by atoms with E-state index in [2.05, 4.69) is 58.9 Å². The van der Waals surface area contributed by atoms with Crippen LogP contribution in [0.4, 0.5) is 0 Å². The Labute approximate surface area is 132 Å². The molecule has 0 aliphatic heterocycles. The van der Waals surface area contributed by atoms with Gasteiger partial charge in [-0.15, -0.1) is 0 Å². The molecule has 0 aliphatic carbocycles. The number of hydrogen-bond acceptors (Lipinski definition) is 1. The second-order valence-electron chi connectivity index (χ2n) is 6.08. The highest BCUT2D eigenvalue weighted by atomic mass is 15.3. The Kier molecular flexibility index (Phi) is 3.61. The van der Waals surface area contributed by atoms with Crippen LogP contribution in [0.15, 0.2) is 42.5 Å². The van der Waals surface area contributed by atoms with E-state index in [4.69, 9.17) is 5.10 Å². The van der Waals surface area contributed by atoms with Crippen LogP contribution in [0.3, 0.4) is 0 Å². The Morgan fingerprint density at radius 2 is 1.41 bits per heavy atom. The molecular weight excluding hydrogens is 268 g/mol. The van der Waals surface area contributed by atoms with Gasteiger partial charge >= 0.3 is 0 Å². The molecule has 0 aliphatic rings. The summed E-state index contributed by atoms with van der Waals surface area (Å²) in [5.41, 5.74) is 9.79. The fourth-order valence-corrected chi connectivity index (χ4v) is 3.19. The van der Waals surface area contributed by atoms with Gasteiger partial charge in [0.05, 0.1) is 11.4 Å². The lowest BCUT2D eigenvalue weighted by Gasteiger charge is -2.10. The van der Waals surface area contributed by atoms with Crippen molar-refractivity contribution < 1.29 is 0 Å². The standard InChI is InChI=1S/C20H22N2/c1-13-11-14(2)19(15(3)12-13)20-16(4)17(5)22(21-20)18-9-7-6-8-10-18/h6-12H,1-5H3. The minimum atomic E-state index is 1.09. The zero-order valence-electron chi connectivity index (χ0n) is 13.9. The molecule has 2 heteroatoms. The molecule has 3 aromatic rings. The SMILES string of the molecule is Cc1cc(C)c(-c2nn(-c3ccccc3)c(C)c2C)c(C)c1. The first-order valence-electron chi connectivity index (χ1n) is 7.69. The van der Waals surface area contributed by atoms with Gasteiger partial charge in [-0.3, -0.25) is 0 Å². The highest BCUT2D eigenvalue weighted by Crippen LogP contribution is 2.32. The molecule has 0 saturated heterocycles. The zero-order valence-corrected chi connectivity index (χ0v) is 13.9. The van der Waals surface area contributed by atoms with E-state index in [-0.39, 0.29) is 0 Å². The van der Waals surface area contributed by atoms with Crippen molar-refractivity contribution in [2.45, 2.75) is 34.6 Å². The minimum Gasteiger partial charge on any atom is -0.237 e. The van der Waals surface area contributed by atoms with Crippen molar-refractivity contribution in [2.75, 3.05) is 0 Å². The van der Waals surface area contributed by atoms with Gasteiger partial charge in [-0.05, 0) is 63.4 Å². The predicted octanol–water partition coefficient (Wildman–Crippen LogP) is 5.08. The smallest absolute Gasteiger partial charge is 0.0964 e. The molecule has 0 amide bonds. The molecule has 2 aromatic carbocycles. The van der Waals surface area contributed by atoms with Crippen LogP contribution in [0.2, 0.25) is 0 Å². The van der Waals surface area contributed by atoms with E-state index < -0.39 is 0 Å². The van der Waals surface area contributed by atoms with Gasteiger partial charge in [0.15, 0.2) is 0 Å². The summed E-state index contributed by atoms with van der Waals surface area (Å²) in [6.07, 6.45) is 0. The Morgan fingerprint density at radius 3 is 2.00 bits per heavy atom. The van der Waals surface area contributed by atoms with Crippen LogP contribution >= 0.6 is 0 Å². The van der Waals surface area contributed by atoms with Crippen molar-refractivity contribution in [3.05, 3.63) is 70.4 Å². The van der Waals surface area contributed by atoms with Gasteiger partial charge in [0.2, 0.25) is 0 Å². The van der Waals surface area contributed by atoms with E-state index >= 15 is 0 Å². The van der Waals surface area contributed by atoms with Crippen LogP contribution in [-0.4, -0.2) is 9.78 Å². The minimum absolute atomic E-state index is 1.09. The summed E-state index contributed by atoms with van der Waals surface area (Å²) >= 11 is 0. The summed E-state index contributed by atoms with van der Waals surface area (Å²) in [5, 5.41) is 4.92. The van der Waals surface area contributed by atoms with Crippen molar-refractivity contribution in [2.24, 2.45) is 0 Å². The van der Waals surface area contributed by atoms with E-state index in [0.717, 1.165) is 11.4 Å². The van der Waals surface area contributed by atoms with Gasteiger partial charge in [0, 0.05) is 11.3 Å². The van der Waals surface area contributed by atoms with E-state index in [1.54, 1.807) is 0 Å². The molecule has 0 radical (unpaired) electrons. The van der Waals surface area contributed by atoms with E-state index in [9.17, 15) is 0 Å². The average Bonchev–Trinajstić information content (AvgIpc) is 2.76. The first-order chi connectivity index (χ1) is 10.5. The first kappa shape index (κ1) is 14.6. The fourth-order valence-electron chi connectivity index (χ4n) is 3.19. The third-order valence-corrected chi connectivity index (χ3v) is 4.33. The third-order valence-electron chi connectivity index (χ3n) is 4.33. The molecule has 1 aromatic heterocycles. The summed E-state index contributed by atoms with van der Waals surface area (Å²) in [4.78, 5) is 0. The molecule has 2 nitrogen and oxygen atoms in total. The second kappa shape index (κ2) is 5.45. The normalized spacial score (nSPS) is 11.0. The fraction of sp³-hybridized carbons (Fsp3) is 0.250. The lowest BCUT2D eigenvalue weighted by Crippen LogP contribution is -1.99. The number of aromatic nitrogens is 2. The van der Waals surface area contributed by atoms with Crippen molar-refractivity contribution in [1.29, 1.82) is 0 Å². The number of benzene rings is 2. The van der Waals surface area contributed by atoms with Crippen molar-refractivity contribution >= 4 is 0 Å². The Morgan fingerprint density at radius 1 is 0.818 bits per heavy atom. The van der Waals surface area contributed by atoms with Crippen LogP contribution in [0.25, 0.3) is 16.9 Å². The summed E-state index contributed by atoms with van der Waals surface area (Å²) in [6.45, 7) is 10.8. The molecule has 1 heterocycles. The summed E-state index contributed by atoms with van der Waals surface area (Å²) < 4.78 is 2.05. The Bertz CT molecular complexity index is 803. The van der Waals surface area contributed by atoms with E-state index in [1.807, 2.05) is 22.9 Å². The number of nitrogens with zero attached hydrogens (tertiary/aromatic N) is 2. The molecule has 0 fully saturated rings. The van der Waals surface area contributed by atoms with Crippen molar-refractivity contribution in [1.82, 2.24) is 9.78 Å². The quantitative estimate of drug-likeness (QED) is 0.643. The molecule has 0 atom stereocenters. The monoisotopic (exact) mass is 290 g/mol. The number of aryl methyl sites for hydroxylation is 3. The van der Waals surface area contributed by atoms with Gasteiger partial charge in [-0.1, -0.05) is 35.9 Å². The number of hydrogen-bond donors (Lipinski definition) is 0. The van der Waals surface area contributed by atoms with Crippen LogP contribution in [-0.2, 0) is 0 Å². The van der Waals surface area contributed by atoms with Crippen molar-refractivity contribution in [3.63, 3.8) is 0 Å². The zero-order chi connectivity index (χ0) is 15.9. The highest BCUT2D eigenvalue weighted by molar-refractivity contribution is 5.71. The molecule has 0 spiro atoms. The first-order valence-corrected chi connectivity index (χ1v) is 7.69. The molecule has 112 valence electrons. The Balaban J connectivity index is 2.23. The van der Waals surface area contributed by atoms with Gasteiger partial charge in [0.1, 0.15) is 0 Å². The predicted molar refractivity (Wildman–Crippen MR) is 92.7 cm³/mol. The molecule has 0 unspecified atom stereocenters. The van der Waals surface area contributed by atoms with Gasteiger partial charge in [-0.2, -0.15) is 5.10 Å². The third kappa shape index (κ3) is 2.35. The van der Waals surface area contributed by atoms with Crippen LogP contribution in [0.1, 0.15) is 27.9 Å². The summed E-state index contributed by atoms with van der Waals surface area (Å²) in [6, 6.07) is 14.8. The largest absolute Gasteiger partial charge is 0.237 e. The highest BCUT2D eigenvalue weighted by Gasteiger charge is 2.17. The summed E-state index contributed by atoms with van der Waals surface area (Å²) in [5.74, 6) is 0. The maximum Gasteiger partial charge on any atom is 0.0964 e. The van der Waals surface area contributed by atoms with Gasteiger partial charge < -0.3 is 0 Å². The number of para-hydroxylation sites is 1. The maximum atomic E-state index is 4.92. The molecule has 0 N–H and O–H groups in total. The lowest BCUT2D eigenvalue weighted by atomic mass is 9.95. The summed E-state index contributed by atoms with van der Waals surface area (Å²) in [7, 11) is 0. The average molecular weight is 290 g/mol. The van der Waals surface area contributed by atoms with Crippen molar-refractivity contribution in [3.8, 4) is 16.9 Å². The lowest BCUT2D eigenvalue weighted by molar-refractivity contribution is 0.848. The second-order valence-corrected chi connectivity index (χ2v) is 6.08.